The van der Waals surface area contributed by atoms with Gasteiger partial charge >= 0.3 is 6.18 Å². The van der Waals surface area contributed by atoms with Crippen LogP contribution in [-0.2, 0) is 20.8 Å². The number of benzene rings is 2. The molecule has 10 heteroatoms. The van der Waals surface area contributed by atoms with Gasteiger partial charge in [-0.3, -0.25) is 4.79 Å². The van der Waals surface area contributed by atoms with Crippen LogP contribution in [0, 0.1) is 0 Å². The molecule has 1 atom stereocenters. The van der Waals surface area contributed by atoms with E-state index in [1.165, 1.54) is 42.5 Å². The molecule has 0 saturated heterocycles. The zero-order valence-electron chi connectivity index (χ0n) is 16.1. The van der Waals surface area contributed by atoms with E-state index in [0.29, 0.717) is 12.2 Å². The van der Waals surface area contributed by atoms with Gasteiger partial charge in [0.2, 0.25) is 5.91 Å². The van der Waals surface area contributed by atoms with E-state index in [4.69, 9.17) is 4.74 Å². The molecule has 0 saturated carbocycles. The number of nitrogens with one attached hydrogen (secondary N) is 1. The van der Waals surface area contributed by atoms with E-state index in [-0.39, 0.29) is 30.0 Å². The van der Waals surface area contributed by atoms with E-state index < -0.39 is 33.6 Å². The summed E-state index contributed by atoms with van der Waals surface area (Å²) in [5, 5.41) is 12.4. The summed E-state index contributed by atoms with van der Waals surface area (Å²) in [6.45, 7) is -0.162. The van der Waals surface area contributed by atoms with E-state index in [1.807, 2.05) is 0 Å². The number of amides is 1. The molecule has 6 nitrogen and oxygen atoms in total. The standard InChI is InChI=1S/C20H22F3NO5S/c1-30(27,28)15-10-8-14(9-11-15)29-12-4-7-19(26)24-13-18(25)16-5-2-3-6-17(16)20(21,22)23/h2-3,5-6,8-11,18,25H,4,7,12-13H2,1H3,(H,24,26). The number of aliphatic hydroxyl groups excluding tert-OH is 1. The first-order valence-corrected chi connectivity index (χ1v) is 10.9. The van der Waals surface area contributed by atoms with Gasteiger partial charge in [0.1, 0.15) is 5.75 Å². The largest absolute Gasteiger partial charge is 0.494 e. The Kier molecular flexibility index (Phi) is 7.85. The predicted octanol–water partition coefficient (Wildman–Crippen LogP) is 3.12. The summed E-state index contributed by atoms with van der Waals surface area (Å²) in [6, 6.07) is 10.5. The second-order valence-corrected chi connectivity index (χ2v) is 8.62. The van der Waals surface area contributed by atoms with Crippen molar-refractivity contribution < 1.29 is 36.2 Å². The van der Waals surface area contributed by atoms with Crippen LogP contribution in [0.4, 0.5) is 13.2 Å². The monoisotopic (exact) mass is 445 g/mol. The van der Waals surface area contributed by atoms with Crippen LogP contribution in [0.25, 0.3) is 0 Å². The lowest BCUT2D eigenvalue weighted by molar-refractivity contribution is -0.139. The minimum atomic E-state index is -4.60. The molecule has 0 radical (unpaired) electrons. The molecule has 0 aliphatic carbocycles. The maximum atomic E-state index is 13.0. The van der Waals surface area contributed by atoms with Gasteiger partial charge in [-0.05, 0) is 42.3 Å². The van der Waals surface area contributed by atoms with Crippen LogP contribution < -0.4 is 10.1 Å². The zero-order valence-corrected chi connectivity index (χ0v) is 17.0. The first-order valence-electron chi connectivity index (χ1n) is 9.02. The molecule has 1 amide bonds. The molecule has 2 N–H and O–H groups in total. The fourth-order valence-electron chi connectivity index (χ4n) is 2.66. The minimum Gasteiger partial charge on any atom is -0.494 e. The Morgan fingerprint density at radius 2 is 1.77 bits per heavy atom. The second-order valence-electron chi connectivity index (χ2n) is 6.60. The van der Waals surface area contributed by atoms with Gasteiger partial charge in [-0.25, -0.2) is 8.42 Å². The van der Waals surface area contributed by atoms with Crippen molar-refractivity contribution in [3.05, 3.63) is 59.7 Å². The van der Waals surface area contributed by atoms with Gasteiger partial charge in [0.05, 0.1) is 23.2 Å². The summed E-state index contributed by atoms with van der Waals surface area (Å²) < 4.78 is 67.2. The van der Waals surface area contributed by atoms with Crippen molar-refractivity contribution in [1.82, 2.24) is 5.32 Å². The Hall–Kier alpha value is -2.59. The number of aliphatic hydroxyl groups is 1. The number of hydrogen-bond donors (Lipinski definition) is 2. The summed E-state index contributed by atoms with van der Waals surface area (Å²) in [4.78, 5) is 12.0. The molecule has 2 aromatic carbocycles. The van der Waals surface area contributed by atoms with E-state index in [9.17, 15) is 31.5 Å². The number of halogens is 3. The number of carbonyl (C=O) groups excluding carboxylic acids is 1. The summed E-state index contributed by atoms with van der Waals surface area (Å²) in [5.74, 6) is 0.0107. The molecule has 0 heterocycles. The molecular formula is C20H22F3NO5S. The third-order valence-corrected chi connectivity index (χ3v) is 5.32. The molecule has 0 aliphatic heterocycles. The van der Waals surface area contributed by atoms with Crippen LogP contribution in [0.5, 0.6) is 5.75 Å². The van der Waals surface area contributed by atoms with Crippen molar-refractivity contribution in [1.29, 1.82) is 0 Å². The normalized spacial score (nSPS) is 13.0. The van der Waals surface area contributed by atoms with Gasteiger partial charge in [-0.15, -0.1) is 0 Å². The molecule has 0 spiro atoms. The predicted molar refractivity (Wildman–Crippen MR) is 104 cm³/mol. The summed E-state index contributed by atoms with van der Waals surface area (Å²) in [6.07, 6.45) is -4.61. The van der Waals surface area contributed by atoms with Gasteiger partial charge < -0.3 is 15.2 Å². The van der Waals surface area contributed by atoms with Crippen molar-refractivity contribution >= 4 is 15.7 Å². The maximum Gasteiger partial charge on any atom is 0.416 e. The molecule has 2 rings (SSSR count). The fraction of sp³-hybridized carbons (Fsp3) is 0.350. The number of sulfone groups is 1. The highest BCUT2D eigenvalue weighted by atomic mass is 32.2. The molecule has 0 aromatic heterocycles. The first-order chi connectivity index (χ1) is 14.0. The first kappa shape index (κ1) is 23.7. The van der Waals surface area contributed by atoms with Gasteiger partial charge in [0.15, 0.2) is 9.84 Å². The van der Waals surface area contributed by atoms with Crippen LogP contribution in [0.2, 0.25) is 0 Å². The lowest BCUT2D eigenvalue weighted by Gasteiger charge is -2.18. The average Bonchev–Trinajstić information content (AvgIpc) is 2.68. The Balaban J connectivity index is 1.75. The number of carbonyl (C=O) groups is 1. The molecule has 0 bridgehead atoms. The Morgan fingerprint density at radius 3 is 2.37 bits per heavy atom. The van der Waals surface area contributed by atoms with Crippen molar-refractivity contribution in [2.45, 2.75) is 30.0 Å². The molecule has 2 aromatic rings. The van der Waals surface area contributed by atoms with E-state index in [2.05, 4.69) is 5.32 Å². The average molecular weight is 445 g/mol. The van der Waals surface area contributed by atoms with Gasteiger partial charge in [0, 0.05) is 19.2 Å². The van der Waals surface area contributed by atoms with Gasteiger partial charge in [0.25, 0.3) is 0 Å². The number of hydrogen-bond acceptors (Lipinski definition) is 5. The fourth-order valence-corrected chi connectivity index (χ4v) is 3.29. The van der Waals surface area contributed by atoms with Gasteiger partial charge in [-0.2, -0.15) is 13.2 Å². The second kappa shape index (κ2) is 9.94. The van der Waals surface area contributed by atoms with Crippen molar-refractivity contribution in [3.63, 3.8) is 0 Å². The summed E-state index contributed by atoms with van der Waals surface area (Å²) in [7, 11) is -3.29. The van der Waals surface area contributed by atoms with Gasteiger partial charge in [-0.1, -0.05) is 18.2 Å². The smallest absolute Gasteiger partial charge is 0.416 e. The highest BCUT2D eigenvalue weighted by Gasteiger charge is 2.34. The highest BCUT2D eigenvalue weighted by Crippen LogP contribution is 2.34. The molecule has 164 valence electrons. The zero-order chi connectivity index (χ0) is 22.4. The van der Waals surface area contributed by atoms with E-state index in [1.54, 1.807) is 0 Å². The lowest BCUT2D eigenvalue weighted by atomic mass is 10.0. The Labute approximate surface area is 172 Å². The Morgan fingerprint density at radius 1 is 1.13 bits per heavy atom. The van der Waals surface area contributed by atoms with Crippen LogP contribution in [-0.4, -0.2) is 38.8 Å². The highest BCUT2D eigenvalue weighted by molar-refractivity contribution is 7.90. The van der Waals surface area contributed by atoms with Crippen LogP contribution in [0.3, 0.4) is 0 Å². The van der Waals surface area contributed by atoms with Crippen LogP contribution in [0.15, 0.2) is 53.4 Å². The molecule has 1 unspecified atom stereocenters. The van der Waals surface area contributed by atoms with Crippen LogP contribution >= 0.6 is 0 Å². The number of ether oxygens (including phenoxy) is 1. The molecule has 0 aliphatic rings. The molecule has 30 heavy (non-hydrogen) atoms. The lowest BCUT2D eigenvalue weighted by Crippen LogP contribution is -2.29. The molecule has 0 fully saturated rings. The number of rotatable bonds is 9. The molecular weight excluding hydrogens is 423 g/mol. The number of alkyl halides is 3. The topological polar surface area (TPSA) is 92.7 Å². The third-order valence-electron chi connectivity index (χ3n) is 4.19. The van der Waals surface area contributed by atoms with Crippen LogP contribution in [0.1, 0.15) is 30.1 Å². The summed E-state index contributed by atoms with van der Waals surface area (Å²) >= 11 is 0. The third kappa shape index (κ3) is 7.03. The SMILES string of the molecule is CS(=O)(=O)c1ccc(OCCCC(=O)NCC(O)c2ccccc2C(F)(F)F)cc1. The van der Waals surface area contributed by atoms with Crippen molar-refractivity contribution in [2.75, 3.05) is 19.4 Å². The maximum absolute atomic E-state index is 13.0. The Bertz CT molecular complexity index is 959. The van der Waals surface area contributed by atoms with Crippen molar-refractivity contribution in [3.8, 4) is 5.75 Å². The quantitative estimate of drug-likeness (QED) is 0.579. The summed E-state index contributed by atoms with van der Waals surface area (Å²) in [5.41, 5.74) is -1.24. The van der Waals surface area contributed by atoms with Crippen molar-refractivity contribution in [2.24, 2.45) is 0 Å². The van der Waals surface area contributed by atoms with E-state index >= 15 is 0 Å². The van der Waals surface area contributed by atoms with E-state index in [0.717, 1.165) is 12.3 Å². The minimum absolute atomic E-state index is 0.0507.